The van der Waals surface area contributed by atoms with Crippen LogP contribution in [-0.4, -0.2) is 69.4 Å². The topological polar surface area (TPSA) is 80.6 Å². The first-order valence-corrected chi connectivity index (χ1v) is 10.6. The Balaban J connectivity index is 1.53. The summed E-state index contributed by atoms with van der Waals surface area (Å²) in [5, 5.41) is 5.59. The lowest BCUT2D eigenvalue weighted by Crippen LogP contribution is -2.51. The van der Waals surface area contributed by atoms with Crippen LogP contribution in [0.3, 0.4) is 0 Å². The number of aryl methyl sites for hydroxylation is 2. The summed E-state index contributed by atoms with van der Waals surface area (Å²) in [6.45, 7) is 8.18. The zero-order valence-corrected chi connectivity index (χ0v) is 18.2. The van der Waals surface area contributed by atoms with Gasteiger partial charge in [-0.1, -0.05) is 29.8 Å². The second-order valence-corrected chi connectivity index (χ2v) is 7.74. The van der Waals surface area contributed by atoms with Crippen molar-refractivity contribution >= 4 is 23.0 Å². The van der Waals surface area contributed by atoms with Crippen molar-refractivity contribution < 1.29 is 14.3 Å². The van der Waals surface area contributed by atoms with Crippen molar-refractivity contribution in [3.05, 3.63) is 47.8 Å². The summed E-state index contributed by atoms with van der Waals surface area (Å²) in [4.78, 5) is 32.7. The molecule has 162 valence electrons. The van der Waals surface area contributed by atoms with Gasteiger partial charge in [-0.25, -0.2) is 14.5 Å². The lowest BCUT2D eigenvalue weighted by atomic mass is 10.0. The Bertz CT molecular complexity index is 1120. The number of fused-ring (bicyclic) bond motifs is 1. The zero-order valence-electron chi connectivity index (χ0n) is 18.2. The highest BCUT2D eigenvalue weighted by Gasteiger charge is 2.26. The molecular weight excluding hydrogens is 394 g/mol. The lowest BCUT2D eigenvalue weighted by molar-refractivity contribution is -0.133. The van der Waals surface area contributed by atoms with E-state index < -0.39 is 0 Å². The third kappa shape index (κ3) is 4.23. The van der Waals surface area contributed by atoms with Crippen LogP contribution >= 0.6 is 0 Å². The predicted molar refractivity (Wildman–Crippen MR) is 118 cm³/mol. The van der Waals surface area contributed by atoms with E-state index in [0.717, 1.165) is 22.2 Å². The Morgan fingerprint density at radius 3 is 2.52 bits per heavy atom. The standard InChI is InChI=1S/C23H27N5O3/c1-4-31-23(30)27-12-10-26(11-13-27)20(29)15-28-22-21(17(3)25-28)19(8-9-24-22)18-7-5-6-16(2)14-18/h5-9,14H,4,10-13,15H2,1-3H3. The smallest absolute Gasteiger partial charge is 0.409 e. The minimum Gasteiger partial charge on any atom is -0.450 e. The Kier molecular flexibility index (Phi) is 5.88. The van der Waals surface area contributed by atoms with E-state index >= 15 is 0 Å². The van der Waals surface area contributed by atoms with Crippen LogP contribution in [0.4, 0.5) is 4.79 Å². The maximum absolute atomic E-state index is 12.9. The van der Waals surface area contributed by atoms with Crippen molar-refractivity contribution in [2.24, 2.45) is 0 Å². The molecule has 0 spiro atoms. The number of carbonyl (C=O) groups is 2. The number of rotatable bonds is 4. The first kappa shape index (κ1) is 20.8. The number of aromatic nitrogens is 3. The molecule has 8 nitrogen and oxygen atoms in total. The Morgan fingerprint density at radius 1 is 1.06 bits per heavy atom. The molecule has 8 heteroatoms. The van der Waals surface area contributed by atoms with Crippen LogP contribution in [0.1, 0.15) is 18.2 Å². The van der Waals surface area contributed by atoms with Crippen molar-refractivity contribution in [3.8, 4) is 11.1 Å². The van der Waals surface area contributed by atoms with E-state index in [1.807, 2.05) is 19.1 Å². The minimum atomic E-state index is -0.323. The summed E-state index contributed by atoms with van der Waals surface area (Å²) in [6, 6.07) is 10.3. The molecule has 4 rings (SSSR count). The molecule has 3 aromatic rings. The molecule has 0 atom stereocenters. The van der Waals surface area contributed by atoms with Crippen LogP contribution in [0.2, 0.25) is 0 Å². The summed E-state index contributed by atoms with van der Waals surface area (Å²) in [6.07, 6.45) is 1.44. The fourth-order valence-corrected chi connectivity index (χ4v) is 4.03. The van der Waals surface area contributed by atoms with Crippen LogP contribution in [0, 0.1) is 13.8 Å². The van der Waals surface area contributed by atoms with E-state index in [4.69, 9.17) is 4.74 Å². The highest BCUT2D eigenvalue weighted by atomic mass is 16.6. The SMILES string of the molecule is CCOC(=O)N1CCN(C(=O)Cn2nc(C)c3c(-c4cccc(C)c4)ccnc32)CC1. The van der Waals surface area contributed by atoms with E-state index in [1.165, 1.54) is 5.56 Å². The number of ether oxygens (including phenoxy) is 1. The van der Waals surface area contributed by atoms with Gasteiger partial charge < -0.3 is 14.5 Å². The zero-order chi connectivity index (χ0) is 22.0. The van der Waals surface area contributed by atoms with Crippen molar-refractivity contribution in [2.45, 2.75) is 27.3 Å². The maximum atomic E-state index is 12.9. The quantitative estimate of drug-likeness (QED) is 0.647. The minimum absolute atomic E-state index is 0.0318. The molecule has 1 aromatic carbocycles. The Labute approximate surface area is 181 Å². The Morgan fingerprint density at radius 2 is 1.81 bits per heavy atom. The van der Waals surface area contributed by atoms with Gasteiger partial charge in [0, 0.05) is 37.8 Å². The van der Waals surface area contributed by atoms with E-state index in [-0.39, 0.29) is 18.5 Å². The Hall–Kier alpha value is -3.42. The first-order valence-electron chi connectivity index (χ1n) is 10.6. The first-order chi connectivity index (χ1) is 15.0. The number of nitrogens with zero attached hydrogens (tertiary/aromatic N) is 5. The molecule has 0 bridgehead atoms. The number of hydrogen-bond donors (Lipinski definition) is 0. The van der Waals surface area contributed by atoms with E-state index in [0.29, 0.717) is 38.4 Å². The van der Waals surface area contributed by atoms with Crippen LogP contribution in [0.25, 0.3) is 22.2 Å². The molecule has 2 amide bonds. The average molecular weight is 422 g/mol. The number of amides is 2. The van der Waals surface area contributed by atoms with Gasteiger partial charge in [-0.2, -0.15) is 5.10 Å². The molecule has 0 saturated carbocycles. The summed E-state index contributed by atoms with van der Waals surface area (Å²) >= 11 is 0. The highest BCUT2D eigenvalue weighted by molar-refractivity contribution is 5.95. The molecule has 1 aliphatic rings. The molecule has 3 heterocycles. The summed E-state index contributed by atoms with van der Waals surface area (Å²) in [5.74, 6) is -0.0318. The average Bonchev–Trinajstić information content (AvgIpc) is 3.09. The number of carbonyl (C=O) groups excluding carboxylic acids is 2. The van der Waals surface area contributed by atoms with Crippen LogP contribution < -0.4 is 0 Å². The van der Waals surface area contributed by atoms with Gasteiger partial charge >= 0.3 is 6.09 Å². The van der Waals surface area contributed by atoms with Crippen molar-refractivity contribution in [3.63, 3.8) is 0 Å². The van der Waals surface area contributed by atoms with Gasteiger partial charge in [-0.3, -0.25) is 4.79 Å². The van der Waals surface area contributed by atoms with Crippen molar-refractivity contribution in [1.82, 2.24) is 24.6 Å². The molecule has 1 saturated heterocycles. The van der Waals surface area contributed by atoms with Gasteiger partial charge in [0.25, 0.3) is 0 Å². The van der Waals surface area contributed by atoms with Gasteiger partial charge in [0.1, 0.15) is 6.54 Å². The van der Waals surface area contributed by atoms with Gasteiger partial charge in [-0.15, -0.1) is 0 Å². The molecule has 1 fully saturated rings. The van der Waals surface area contributed by atoms with Gasteiger partial charge in [0.2, 0.25) is 5.91 Å². The summed E-state index contributed by atoms with van der Waals surface area (Å²) in [5.41, 5.74) is 4.91. The molecule has 2 aromatic heterocycles. The lowest BCUT2D eigenvalue weighted by Gasteiger charge is -2.34. The summed E-state index contributed by atoms with van der Waals surface area (Å²) < 4.78 is 6.72. The third-order valence-electron chi connectivity index (χ3n) is 5.58. The van der Waals surface area contributed by atoms with Crippen LogP contribution in [-0.2, 0) is 16.1 Å². The maximum Gasteiger partial charge on any atom is 0.409 e. The molecule has 31 heavy (non-hydrogen) atoms. The second-order valence-electron chi connectivity index (χ2n) is 7.74. The number of pyridine rings is 1. The molecule has 0 N–H and O–H groups in total. The van der Waals surface area contributed by atoms with Crippen molar-refractivity contribution in [1.29, 1.82) is 0 Å². The largest absolute Gasteiger partial charge is 0.450 e. The van der Waals surface area contributed by atoms with E-state index in [1.54, 1.807) is 27.6 Å². The van der Waals surface area contributed by atoms with E-state index in [2.05, 4.69) is 35.2 Å². The fourth-order valence-electron chi connectivity index (χ4n) is 4.03. The monoisotopic (exact) mass is 421 g/mol. The van der Waals surface area contributed by atoms with Crippen LogP contribution in [0.5, 0.6) is 0 Å². The number of piperazine rings is 1. The number of hydrogen-bond acceptors (Lipinski definition) is 5. The molecule has 1 aliphatic heterocycles. The second kappa shape index (κ2) is 8.75. The molecular formula is C23H27N5O3. The number of benzene rings is 1. The molecule has 0 aliphatic carbocycles. The van der Waals surface area contributed by atoms with Gasteiger partial charge in [0.15, 0.2) is 5.65 Å². The normalized spacial score (nSPS) is 14.2. The van der Waals surface area contributed by atoms with E-state index in [9.17, 15) is 9.59 Å². The highest BCUT2D eigenvalue weighted by Crippen LogP contribution is 2.30. The molecule has 0 radical (unpaired) electrons. The fraction of sp³-hybridized carbons (Fsp3) is 0.391. The van der Waals surface area contributed by atoms with Crippen LogP contribution in [0.15, 0.2) is 36.5 Å². The summed E-state index contributed by atoms with van der Waals surface area (Å²) in [7, 11) is 0. The van der Waals surface area contributed by atoms with Gasteiger partial charge in [-0.05, 0) is 38.0 Å². The molecule has 0 unspecified atom stereocenters. The third-order valence-corrected chi connectivity index (χ3v) is 5.58. The predicted octanol–water partition coefficient (Wildman–Crippen LogP) is 3.02. The van der Waals surface area contributed by atoms with Crippen molar-refractivity contribution in [2.75, 3.05) is 32.8 Å². The van der Waals surface area contributed by atoms with Gasteiger partial charge in [0.05, 0.1) is 12.3 Å².